The van der Waals surface area contributed by atoms with Crippen LogP contribution in [0.25, 0.3) is 0 Å². The fraction of sp³-hybridized carbons (Fsp3) is 0.391. The van der Waals surface area contributed by atoms with Crippen molar-refractivity contribution in [3.8, 4) is 0 Å². The molecule has 29 heavy (non-hydrogen) atoms. The quantitative estimate of drug-likeness (QED) is 0.606. The Bertz CT molecular complexity index is 909. The van der Waals surface area contributed by atoms with E-state index in [1.54, 1.807) is 0 Å². The number of nitrogens with one attached hydrogen (secondary N) is 3. The maximum absolute atomic E-state index is 4.52. The molecule has 3 aromatic rings. The number of benzene rings is 2. The average Bonchev–Trinajstić information content (AvgIpc) is 3.40. The van der Waals surface area contributed by atoms with Crippen LogP contribution in [-0.4, -0.2) is 27.2 Å². The second-order valence-corrected chi connectivity index (χ2v) is 8.24. The average molecular weight is 389 g/mol. The van der Waals surface area contributed by atoms with Crippen LogP contribution >= 0.6 is 0 Å². The molecule has 5 rings (SSSR count). The Morgan fingerprint density at radius 2 is 1.69 bits per heavy atom. The molecule has 2 fully saturated rings. The number of nitrogens with zero attached hydrogens (tertiary/aromatic N) is 3. The third-order valence-corrected chi connectivity index (χ3v) is 6.28. The Morgan fingerprint density at radius 1 is 0.931 bits per heavy atom. The summed E-state index contributed by atoms with van der Waals surface area (Å²) in [4.78, 5) is 0. The van der Waals surface area contributed by atoms with E-state index in [9.17, 15) is 0 Å². The minimum absolute atomic E-state index is 0.280. The van der Waals surface area contributed by atoms with E-state index in [2.05, 4.69) is 87.3 Å². The van der Waals surface area contributed by atoms with Gasteiger partial charge in [-0.25, -0.2) is 10.1 Å². The molecule has 0 spiro atoms. The summed E-state index contributed by atoms with van der Waals surface area (Å²) in [6.45, 7) is 1.65. The number of hydrazine groups is 1. The second kappa shape index (κ2) is 8.45. The highest BCUT2D eigenvalue weighted by Gasteiger charge is 2.41. The Morgan fingerprint density at radius 3 is 2.48 bits per heavy atom. The molecule has 0 amide bonds. The summed E-state index contributed by atoms with van der Waals surface area (Å²) in [5, 5.41) is 12.6. The van der Waals surface area contributed by atoms with Crippen LogP contribution in [0.3, 0.4) is 0 Å². The van der Waals surface area contributed by atoms with Crippen molar-refractivity contribution in [3.63, 3.8) is 0 Å². The predicted molar refractivity (Wildman–Crippen MR) is 113 cm³/mol. The summed E-state index contributed by atoms with van der Waals surface area (Å²) in [5.74, 6) is 1.03. The fourth-order valence-electron chi connectivity index (χ4n) is 4.70. The number of aromatic nitrogens is 3. The number of hydrogen-bond donors (Lipinski definition) is 3. The second-order valence-electron chi connectivity index (χ2n) is 8.24. The van der Waals surface area contributed by atoms with Crippen molar-refractivity contribution in [1.82, 2.24) is 31.2 Å². The van der Waals surface area contributed by atoms with Crippen LogP contribution < -0.4 is 16.2 Å². The van der Waals surface area contributed by atoms with E-state index in [1.165, 1.54) is 11.1 Å². The molecule has 6 nitrogen and oxygen atoms in total. The first kappa shape index (κ1) is 18.5. The molecule has 4 unspecified atom stereocenters. The lowest BCUT2D eigenvalue weighted by Crippen LogP contribution is -2.44. The minimum Gasteiger partial charge on any atom is -0.297 e. The highest BCUT2D eigenvalue weighted by atomic mass is 15.5. The van der Waals surface area contributed by atoms with Crippen molar-refractivity contribution >= 4 is 0 Å². The van der Waals surface area contributed by atoms with Gasteiger partial charge in [-0.3, -0.25) is 10.7 Å². The first-order chi connectivity index (χ1) is 14.3. The predicted octanol–water partition coefficient (Wildman–Crippen LogP) is 2.80. The molecule has 150 valence electrons. The molecule has 1 saturated heterocycles. The molecule has 4 atom stereocenters. The zero-order chi connectivity index (χ0) is 19.5. The summed E-state index contributed by atoms with van der Waals surface area (Å²) in [6.07, 6.45) is 5.87. The van der Waals surface area contributed by atoms with Gasteiger partial charge in [0.25, 0.3) is 0 Å². The van der Waals surface area contributed by atoms with Crippen molar-refractivity contribution < 1.29 is 0 Å². The SMILES string of the molecule is c1ccc(CNC2NNC3CCC(c4cn(Cc5ccccc5)nn4)CC32)cc1. The largest absolute Gasteiger partial charge is 0.297 e. The Labute approximate surface area is 171 Å². The Balaban J connectivity index is 1.22. The molecule has 3 N–H and O–H groups in total. The van der Waals surface area contributed by atoms with Crippen LogP contribution in [0.5, 0.6) is 0 Å². The fourth-order valence-corrected chi connectivity index (χ4v) is 4.70. The van der Waals surface area contributed by atoms with Gasteiger partial charge in [0, 0.05) is 30.6 Å². The molecule has 2 aromatic carbocycles. The third kappa shape index (κ3) is 4.24. The van der Waals surface area contributed by atoms with Crippen molar-refractivity contribution in [2.75, 3.05) is 0 Å². The van der Waals surface area contributed by atoms with E-state index in [1.807, 2.05) is 10.7 Å². The molecule has 0 bridgehead atoms. The lowest BCUT2D eigenvalue weighted by atomic mass is 9.76. The third-order valence-electron chi connectivity index (χ3n) is 6.28. The van der Waals surface area contributed by atoms with Crippen molar-refractivity contribution in [2.45, 2.75) is 50.5 Å². The van der Waals surface area contributed by atoms with Crippen LogP contribution in [0.15, 0.2) is 66.9 Å². The Hall–Kier alpha value is -2.54. The number of rotatable bonds is 6. The van der Waals surface area contributed by atoms with Crippen molar-refractivity contribution in [2.24, 2.45) is 5.92 Å². The molecule has 0 radical (unpaired) electrons. The lowest BCUT2D eigenvalue weighted by Gasteiger charge is -2.32. The summed E-state index contributed by atoms with van der Waals surface area (Å²) in [7, 11) is 0. The summed E-state index contributed by atoms with van der Waals surface area (Å²) in [5.41, 5.74) is 10.7. The molecule has 1 saturated carbocycles. The van der Waals surface area contributed by atoms with E-state index >= 15 is 0 Å². The van der Waals surface area contributed by atoms with E-state index in [0.717, 1.165) is 38.0 Å². The minimum atomic E-state index is 0.280. The van der Waals surface area contributed by atoms with Crippen LogP contribution in [0.4, 0.5) is 0 Å². The van der Waals surface area contributed by atoms with Crippen LogP contribution in [0.1, 0.15) is 42.0 Å². The maximum atomic E-state index is 4.52. The molecule has 1 aliphatic heterocycles. The van der Waals surface area contributed by atoms with Gasteiger partial charge in [0.05, 0.1) is 18.4 Å². The van der Waals surface area contributed by atoms with Gasteiger partial charge in [-0.05, 0) is 30.4 Å². The molecule has 6 heteroatoms. The summed E-state index contributed by atoms with van der Waals surface area (Å²) in [6, 6.07) is 21.5. The lowest BCUT2D eigenvalue weighted by molar-refractivity contribution is 0.254. The van der Waals surface area contributed by atoms with Gasteiger partial charge in [-0.2, -0.15) is 0 Å². The van der Waals surface area contributed by atoms with Gasteiger partial charge < -0.3 is 0 Å². The normalized spacial score (nSPS) is 26.3. The zero-order valence-electron chi connectivity index (χ0n) is 16.5. The zero-order valence-corrected chi connectivity index (χ0v) is 16.5. The van der Waals surface area contributed by atoms with E-state index in [4.69, 9.17) is 0 Å². The molecular formula is C23H28N6. The first-order valence-electron chi connectivity index (χ1n) is 10.6. The summed E-state index contributed by atoms with van der Waals surface area (Å²) < 4.78 is 1.97. The molecule has 1 aromatic heterocycles. The highest BCUT2D eigenvalue weighted by Crippen LogP contribution is 2.38. The monoisotopic (exact) mass is 388 g/mol. The van der Waals surface area contributed by atoms with Crippen LogP contribution in [0, 0.1) is 5.92 Å². The smallest absolute Gasteiger partial charge is 0.0858 e. The topological polar surface area (TPSA) is 66.8 Å². The Kier molecular flexibility index (Phi) is 5.39. The van der Waals surface area contributed by atoms with Gasteiger partial charge in [-0.15, -0.1) is 5.10 Å². The molecule has 1 aliphatic carbocycles. The van der Waals surface area contributed by atoms with Gasteiger partial charge in [0.15, 0.2) is 0 Å². The van der Waals surface area contributed by atoms with E-state index < -0.39 is 0 Å². The molecule has 2 aliphatic rings. The number of hydrogen-bond acceptors (Lipinski definition) is 5. The van der Waals surface area contributed by atoms with Gasteiger partial charge in [0.2, 0.25) is 0 Å². The van der Waals surface area contributed by atoms with Gasteiger partial charge >= 0.3 is 0 Å². The van der Waals surface area contributed by atoms with Crippen molar-refractivity contribution in [3.05, 3.63) is 83.7 Å². The van der Waals surface area contributed by atoms with E-state index in [-0.39, 0.29) is 6.17 Å². The standard InChI is InChI=1S/C23H28N6/c1-3-7-17(8-4-1)14-24-23-20-13-19(11-12-21(20)25-27-23)22-16-29(28-26-22)15-18-9-5-2-6-10-18/h1-10,16,19-21,23-25,27H,11-15H2. The first-order valence-corrected chi connectivity index (χ1v) is 10.6. The van der Waals surface area contributed by atoms with Gasteiger partial charge in [0.1, 0.15) is 0 Å². The van der Waals surface area contributed by atoms with E-state index in [0.29, 0.717) is 17.9 Å². The van der Waals surface area contributed by atoms with Crippen LogP contribution in [0.2, 0.25) is 0 Å². The van der Waals surface area contributed by atoms with Crippen LogP contribution in [-0.2, 0) is 13.1 Å². The highest BCUT2D eigenvalue weighted by molar-refractivity contribution is 5.16. The molecular weight excluding hydrogens is 360 g/mol. The maximum Gasteiger partial charge on any atom is 0.0858 e. The summed E-state index contributed by atoms with van der Waals surface area (Å²) >= 11 is 0. The van der Waals surface area contributed by atoms with Gasteiger partial charge in [-0.1, -0.05) is 65.9 Å². The molecule has 2 heterocycles. The number of fused-ring (bicyclic) bond motifs is 1. The van der Waals surface area contributed by atoms with Crippen molar-refractivity contribution in [1.29, 1.82) is 0 Å².